The van der Waals surface area contributed by atoms with Crippen LogP contribution in [0.3, 0.4) is 0 Å². The molecule has 0 aromatic carbocycles. The van der Waals surface area contributed by atoms with E-state index in [1.54, 1.807) is 0 Å². The van der Waals surface area contributed by atoms with Crippen LogP contribution in [-0.2, 0) is 4.79 Å². The minimum absolute atomic E-state index is 0.347. The van der Waals surface area contributed by atoms with Crippen LogP contribution in [0.5, 0.6) is 0 Å². The highest BCUT2D eigenvalue weighted by molar-refractivity contribution is 7.99. The molecule has 0 saturated carbocycles. The first-order valence-corrected chi connectivity index (χ1v) is 7.15. The number of carbonyl (C=O) groups is 1. The van der Waals surface area contributed by atoms with E-state index in [9.17, 15) is 4.79 Å². The molecule has 3 nitrogen and oxygen atoms in total. The summed E-state index contributed by atoms with van der Waals surface area (Å²) in [5, 5.41) is 8.71. The Hall–Kier alpha value is -0.220. The summed E-state index contributed by atoms with van der Waals surface area (Å²) in [6, 6.07) is 0.679. The van der Waals surface area contributed by atoms with E-state index >= 15 is 0 Å². The van der Waals surface area contributed by atoms with Crippen molar-refractivity contribution < 1.29 is 9.90 Å². The van der Waals surface area contributed by atoms with Crippen LogP contribution in [0.15, 0.2) is 0 Å². The molecule has 0 bridgehead atoms. The standard InChI is InChI=1S/C12H21NO2S/c1-12(2)4-10(7-16-8-12)13-5-9(6-13)3-11(14)15/h9-10H,3-8H2,1-2H3,(H,14,15). The lowest BCUT2D eigenvalue weighted by Gasteiger charge is -2.48. The first kappa shape index (κ1) is 12.2. The number of nitrogens with zero attached hydrogens (tertiary/aromatic N) is 1. The summed E-state index contributed by atoms with van der Waals surface area (Å²) >= 11 is 2.04. The Morgan fingerprint density at radius 1 is 1.50 bits per heavy atom. The van der Waals surface area contributed by atoms with Crippen LogP contribution in [0.2, 0.25) is 0 Å². The number of rotatable bonds is 3. The predicted molar refractivity (Wildman–Crippen MR) is 66.8 cm³/mol. The first-order valence-electron chi connectivity index (χ1n) is 6.00. The van der Waals surface area contributed by atoms with Gasteiger partial charge in [0.2, 0.25) is 0 Å². The minimum Gasteiger partial charge on any atom is -0.481 e. The van der Waals surface area contributed by atoms with E-state index in [4.69, 9.17) is 5.11 Å². The topological polar surface area (TPSA) is 40.5 Å². The third kappa shape index (κ3) is 2.92. The highest BCUT2D eigenvalue weighted by Gasteiger charge is 2.38. The fourth-order valence-electron chi connectivity index (χ4n) is 2.75. The quantitative estimate of drug-likeness (QED) is 0.822. The lowest BCUT2D eigenvalue weighted by Crippen LogP contribution is -2.55. The van der Waals surface area contributed by atoms with Crippen molar-refractivity contribution in [3.63, 3.8) is 0 Å². The van der Waals surface area contributed by atoms with Crippen molar-refractivity contribution in [2.24, 2.45) is 11.3 Å². The van der Waals surface area contributed by atoms with Crippen molar-refractivity contribution in [1.82, 2.24) is 4.90 Å². The Bertz CT molecular complexity index is 274. The number of hydrogen-bond acceptors (Lipinski definition) is 3. The van der Waals surface area contributed by atoms with Gasteiger partial charge in [-0.15, -0.1) is 0 Å². The first-order chi connectivity index (χ1) is 7.46. The van der Waals surface area contributed by atoms with Gasteiger partial charge in [0.05, 0.1) is 6.42 Å². The van der Waals surface area contributed by atoms with Gasteiger partial charge in [0.15, 0.2) is 0 Å². The van der Waals surface area contributed by atoms with Crippen molar-refractivity contribution in [2.75, 3.05) is 24.6 Å². The van der Waals surface area contributed by atoms with Gasteiger partial charge >= 0.3 is 5.97 Å². The van der Waals surface area contributed by atoms with Gasteiger partial charge in [-0.2, -0.15) is 11.8 Å². The Morgan fingerprint density at radius 3 is 2.75 bits per heavy atom. The summed E-state index contributed by atoms with van der Waals surface area (Å²) < 4.78 is 0. The summed E-state index contributed by atoms with van der Waals surface area (Å²) in [6.07, 6.45) is 1.61. The molecule has 16 heavy (non-hydrogen) atoms. The zero-order chi connectivity index (χ0) is 11.8. The number of aliphatic carboxylic acids is 1. The van der Waals surface area contributed by atoms with E-state index in [0.717, 1.165) is 13.1 Å². The molecule has 2 saturated heterocycles. The zero-order valence-corrected chi connectivity index (χ0v) is 10.9. The average molecular weight is 243 g/mol. The molecule has 0 aliphatic carbocycles. The van der Waals surface area contributed by atoms with Crippen LogP contribution in [0.1, 0.15) is 26.7 Å². The fourth-order valence-corrected chi connectivity index (χ4v) is 4.13. The van der Waals surface area contributed by atoms with Gasteiger partial charge in [0.25, 0.3) is 0 Å². The molecular weight excluding hydrogens is 222 g/mol. The van der Waals surface area contributed by atoms with Crippen LogP contribution in [0.4, 0.5) is 0 Å². The van der Waals surface area contributed by atoms with Crippen molar-refractivity contribution >= 4 is 17.7 Å². The maximum atomic E-state index is 10.6. The third-order valence-corrected chi connectivity index (χ3v) is 5.16. The highest BCUT2D eigenvalue weighted by Crippen LogP contribution is 2.37. The summed E-state index contributed by atoms with van der Waals surface area (Å²) in [5.41, 5.74) is 0.450. The highest BCUT2D eigenvalue weighted by atomic mass is 32.2. The number of carboxylic acids is 1. The summed E-state index contributed by atoms with van der Waals surface area (Å²) in [6.45, 7) is 6.66. The Kier molecular flexibility index (Phi) is 3.50. The van der Waals surface area contributed by atoms with Gasteiger partial charge in [-0.3, -0.25) is 9.69 Å². The number of carboxylic acid groups (broad SMARTS) is 1. The van der Waals surface area contributed by atoms with Gasteiger partial charge in [-0.25, -0.2) is 0 Å². The van der Waals surface area contributed by atoms with E-state index in [1.807, 2.05) is 11.8 Å². The Morgan fingerprint density at radius 2 is 2.19 bits per heavy atom. The maximum Gasteiger partial charge on any atom is 0.303 e. The van der Waals surface area contributed by atoms with Crippen molar-refractivity contribution in [1.29, 1.82) is 0 Å². The number of likely N-dealkylation sites (tertiary alicyclic amines) is 1. The molecule has 1 N–H and O–H groups in total. The molecule has 0 radical (unpaired) electrons. The Labute approximate surface area is 102 Å². The molecule has 1 unspecified atom stereocenters. The van der Waals surface area contributed by atoms with Gasteiger partial charge in [-0.05, 0) is 23.5 Å². The molecule has 2 fully saturated rings. The van der Waals surface area contributed by atoms with E-state index in [-0.39, 0.29) is 0 Å². The van der Waals surface area contributed by atoms with Gasteiger partial charge in [0.1, 0.15) is 0 Å². The van der Waals surface area contributed by atoms with Gasteiger partial charge in [0, 0.05) is 24.9 Å². The monoisotopic (exact) mass is 243 g/mol. The molecule has 2 rings (SSSR count). The molecule has 1 atom stereocenters. The second-order valence-electron chi connectivity index (χ2n) is 5.96. The van der Waals surface area contributed by atoms with Crippen LogP contribution in [-0.4, -0.2) is 46.6 Å². The maximum absolute atomic E-state index is 10.6. The van der Waals surface area contributed by atoms with Crippen LogP contribution in [0.25, 0.3) is 0 Å². The lowest BCUT2D eigenvalue weighted by atomic mass is 9.84. The molecule has 0 aromatic rings. The summed E-state index contributed by atoms with van der Waals surface area (Å²) in [4.78, 5) is 13.0. The van der Waals surface area contributed by atoms with Crippen molar-refractivity contribution in [3.05, 3.63) is 0 Å². The SMILES string of the molecule is CC1(C)CSCC(N2CC(CC(=O)O)C2)C1. The van der Waals surface area contributed by atoms with Crippen LogP contribution in [0, 0.1) is 11.3 Å². The van der Waals surface area contributed by atoms with E-state index < -0.39 is 5.97 Å². The zero-order valence-electron chi connectivity index (χ0n) is 10.1. The molecule has 0 amide bonds. The second-order valence-corrected chi connectivity index (χ2v) is 6.99. The smallest absolute Gasteiger partial charge is 0.303 e. The lowest BCUT2D eigenvalue weighted by molar-refractivity contribution is -0.139. The van der Waals surface area contributed by atoms with Crippen molar-refractivity contribution in [3.8, 4) is 0 Å². The molecular formula is C12H21NO2S. The van der Waals surface area contributed by atoms with E-state index in [1.165, 1.54) is 17.9 Å². The van der Waals surface area contributed by atoms with Crippen molar-refractivity contribution in [2.45, 2.75) is 32.7 Å². The Balaban J connectivity index is 1.77. The molecule has 2 aliphatic rings. The number of thioether (sulfide) groups is 1. The molecule has 2 heterocycles. The largest absolute Gasteiger partial charge is 0.481 e. The normalized spacial score (nSPS) is 31.0. The second kappa shape index (κ2) is 4.57. The third-order valence-electron chi connectivity index (χ3n) is 3.56. The average Bonchev–Trinajstić information content (AvgIpc) is 2.08. The van der Waals surface area contributed by atoms with E-state index in [2.05, 4.69) is 18.7 Å². The predicted octanol–water partition coefficient (Wildman–Crippen LogP) is 1.92. The van der Waals surface area contributed by atoms with E-state index in [0.29, 0.717) is 23.8 Å². The van der Waals surface area contributed by atoms with Gasteiger partial charge in [-0.1, -0.05) is 13.8 Å². The molecule has 0 spiro atoms. The van der Waals surface area contributed by atoms with Gasteiger partial charge < -0.3 is 5.11 Å². The molecule has 2 aliphatic heterocycles. The van der Waals surface area contributed by atoms with Crippen LogP contribution < -0.4 is 0 Å². The molecule has 92 valence electrons. The van der Waals surface area contributed by atoms with Crippen LogP contribution >= 0.6 is 11.8 Å². The fraction of sp³-hybridized carbons (Fsp3) is 0.917. The summed E-state index contributed by atoms with van der Waals surface area (Å²) in [5.74, 6) is 2.23. The number of hydrogen-bond donors (Lipinski definition) is 1. The summed E-state index contributed by atoms with van der Waals surface area (Å²) in [7, 11) is 0. The molecule has 4 heteroatoms. The minimum atomic E-state index is -0.650. The molecule has 0 aromatic heterocycles.